The molecule has 0 spiro atoms. The van der Waals surface area contributed by atoms with Crippen LogP contribution in [0.3, 0.4) is 0 Å². The van der Waals surface area contributed by atoms with Gasteiger partial charge < -0.3 is 10.2 Å². The minimum Gasteiger partial charge on any atom is -0.505 e. The van der Waals surface area contributed by atoms with Crippen LogP contribution in [0.2, 0.25) is 0 Å². The van der Waals surface area contributed by atoms with Gasteiger partial charge in [-0.3, -0.25) is 4.79 Å². The number of pyridine rings is 1. The highest BCUT2D eigenvalue weighted by molar-refractivity contribution is 5.70. The summed E-state index contributed by atoms with van der Waals surface area (Å²) in [7, 11) is 0. The first-order chi connectivity index (χ1) is 6.59. The fraction of sp³-hybridized carbons (Fsp3) is 0.200. The molecule has 72 valence electrons. The van der Waals surface area contributed by atoms with Crippen LogP contribution in [0.1, 0.15) is 17.8 Å². The molecule has 1 aromatic heterocycles. The molecule has 0 fully saturated rings. The first-order valence-corrected chi connectivity index (χ1v) is 3.97. The number of aromatic hydroxyl groups is 1. The van der Waals surface area contributed by atoms with Crippen LogP contribution in [0.4, 0.5) is 0 Å². The Labute approximate surface area is 81.2 Å². The van der Waals surface area contributed by atoms with Crippen LogP contribution in [0.25, 0.3) is 0 Å². The minimum atomic E-state index is -0.996. The predicted molar refractivity (Wildman–Crippen MR) is 49.8 cm³/mol. The maximum atomic E-state index is 10.2. The smallest absolute Gasteiger partial charge is 0.315 e. The molecule has 4 nitrogen and oxygen atoms in total. The quantitative estimate of drug-likeness (QED) is 0.647. The van der Waals surface area contributed by atoms with Gasteiger partial charge in [-0.2, -0.15) is 0 Å². The normalized spacial score (nSPS) is 8.93. The van der Waals surface area contributed by atoms with Gasteiger partial charge in [0.25, 0.3) is 0 Å². The van der Waals surface area contributed by atoms with Crippen LogP contribution in [0.5, 0.6) is 5.75 Å². The molecule has 2 N–H and O–H groups in total. The Bertz CT molecular complexity index is 415. The maximum absolute atomic E-state index is 10.2. The zero-order valence-corrected chi connectivity index (χ0v) is 7.61. The molecule has 0 saturated carbocycles. The van der Waals surface area contributed by atoms with Crippen molar-refractivity contribution in [1.29, 1.82) is 0 Å². The Morgan fingerprint density at radius 1 is 1.57 bits per heavy atom. The van der Waals surface area contributed by atoms with Gasteiger partial charge in [-0.25, -0.2) is 4.98 Å². The molecule has 1 heterocycles. The van der Waals surface area contributed by atoms with E-state index in [-0.39, 0.29) is 17.9 Å². The van der Waals surface area contributed by atoms with Gasteiger partial charge in [0.1, 0.15) is 12.2 Å². The van der Waals surface area contributed by atoms with Gasteiger partial charge in [-0.05, 0) is 25.0 Å². The van der Waals surface area contributed by atoms with Gasteiger partial charge in [-0.15, -0.1) is 0 Å². The van der Waals surface area contributed by atoms with E-state index in [0.717, 1.165) is 5.69 Å². The molecule has 0 atom stereocenters. The SMILES string of the molecule is Cc1ccc(O)c(C#CCC(=O)O)n1. The fourth-order valence-electron chi connectivity index (χ4n) is 0.845. The predicted octanol–water partition coefficient (Wildman–Crippen LogP) is 0.922. The van der Waals surface area contributed by atoms with Gasteiger partial charge >= 0.3 is 5.97 Å². The average molecular weight is 191 g/mol. The molecule has 0 unspecified atom stereocenters. The van der Waals surface area contributed by atoms with Crippen molar-refractivity contribution in [2.24, 2.45) is 0 Å². The zero-order chi connectivity index (χ0) is 10.6. The Morgan fingerprint density at radius 2 is 2.29 bits per heavy atom. The summed E-state index contributed by atoms with van der Waals surface area (Å²) in [5, 5.41) is 17.6. The molecule has 0 aliphatic heterocycles. The molecule has 0 aliphatic rings. The Hall–Kier alpha value is -2.02. The number of carboxylic acids is 1. The van der Waals surface area contributed by atoms with Crippen LogP contribution in [-0.4, -0.2) is 21.2 Å². The topological polar surface area (TPSA) is 70.4 Å². The molecule has 0 aromatic carbocycles. The summed E-state index contributed by atoms with van der Waals surface area (Å²) < 4.78 is 0. The lowest BCUT2D eigenvalue weighted by Crippen LogP contribution is -1.91. The van der Waals surface area contributed by atoms with Gasteiger partial charge in [0.15, 0.2) is 5.69 Å². The molecule has 1 rings (SSSR count). The number of aryl methyl sites for hydroxylation is 1. The maximum Gasteiger partial charge on any atom is 0.315 e. The molecule has 0 radical (unpaired) electrons. The van der Waals surface area contributed by atoms with E-state index in [9.17, 15) is 9.90 Å². The van der Waals surface area contributed by atoms with Crippen molar-refractivity contribution in [2.75, 3.05) is 0 Å². The van der Waals surface area contributed by atoms with Crippen molar-refractivity contribution >= 4 is 5.97 Å². The molecule has 0 aliphatic carbocycles. The van der Waals surface area contributed by atoms with Crippen molar-refractivity contribution in [1.82, 2.24) is 4.98 Å². The van der Waals surface area contributed by atoms with E-state index in [4.69, 9.17) is 5.11 Å². The van der Waals surface area contributed by atoms with Crippen LogP contribution in [0, 0.1) is 18.8 Å². The average Bonchev–Trinajstić information content (AvgIpc) is 2.10. The number of hydrogen-bond acceptors (Lipinski definition) is 3. The second-order valence-corrected chi connectivity index (χ2v) is 2.69. The molecule has 0 saturated heterocycles. The Balaban J connectivity index is 2.88. The monoisotopic (exact) mass is 191 g/mol. The van der Waals surface area contributed by atoms with E-state index in [0.29, 0.717) is 0 Å². The Kier molecular flexibility index (Phi) is 3.08. The molecule has 0 bridgehead atoms. The van der Waals surface area contributed by atoms with Crippen molar-refractivity contribution in [3.05, 3.63) is 23.5 Å². The van der Waals surface area contributed by atoms with Crippen LogP contribution in [0.15, 0.2) is 12.1 Å². The molecular formula is C10H9NO3. The van der Waals surface area contributed by atoms with E-state index in [1.54, 1.807) is 13.0 Å². The zero-order valence-electron chi connectivity index (χ0n) is 7.61. The standard InChI is InChI=1S/C10H9NO3/c1-7-5-6-9(12)8(11-7)3-2-4-10(13)14/h5-6,12H,4H2,1H3,(H,13,14). The highest BCUT2D eigenvalue weighted by Gasteiger charge is 1.98. The van der Waals surface area contributed by atoms with Gasteiger partial charge in [0, 0.05) is 5.69 Å². The van der Waals surface area contributed by atoms with Crippen LogP contribution in [-0.2, 0) is 4.79 Å². The lowest BCUT2D eigenvalue weighted by atomic mass is 10.3. The van der Waals surface area contributed by atoms with E-state index in [1.807, 2.05) is 0 Å². The van der Waals surface area contributed by atoms with Crippen LogP contribution < -0.4 is 0 Å². The van der Waals surface area contributed by atoms with Crippen molar-refractivity contribution in [2.45, 2.75) is 13.3 Å². The third-order valence-electron chi connectivity index (χ3n) is 1.46. The lowest BCUT2D eigenvalue weighted by Gasteiger charge is -1.96. The van der Waals surface area contributed by atoms with Gasteiger partial charge in [-0.1, -0.05) is 5.92 Å². The first kappa shape index (κ1) is 10.1. The van der Waals surface area contributed by atoms with E-state index in [2.05, 4.69) is 16.8 Å². The molecule has 14 heavy (non-hydrogen) atoms. The number of rotatable bonds is 1. The summed E-state index contributed by atoms with van der Waals surface area (Å²) >= 11 is 0. The van der Waals surface area contributed by atoms with Gasteiger partial charge in [0.05, 0.1) is 0 Å². The third kappa shape index (κ3) is 2.79. The molecular weight excluding hydrogens is 182 g/mol. The fourth-order valence-corrected chi connectivity index (χ4v) is 0.845. The van der Waals surface area contributed by atoms with E-state index >= 15 is 0 Å². The van der Waals surface area contributed by atoms with E-state index in [1.165, 1.54) is 6.07 Å². The van der Waals surface area contributed by atoms with Crippen LogP contribution >= 0.6 is 0 Å². The number of carbonyl (C=O) groups is 1. The summed E-state index contributed by atoms with van der Waals surface area (Å²) in [5.41, 5.74) is 0.939. The number of aromatic nitrogens is 1. The summed E-state index contributed by atoms with van der Waals surface area (Å²) in [6.45, 7) is 1.77. The summed E-state index contributed by atoms with van der Waals surface area (Å²) in [6.07, 6.45) is -0.255. The highest BCUT2D eigenvalue weighted by Crippen LogP contribution is 2.12. The Morgan fingerprint density at radius 3 is 2.93 bits per heavy atom. The molecule has 1 aromatic rings. The summed E-state index contributed by atoms with van der Waals surface area (Å²) in [5.74, 6) is 3.86. The van der Waals surface area contributed by atoms with Crippen molar-refractivity contribution < 1.29 is 15.0 Å². The van der Waals surface area contributed by atoms with Crippen molar-refractivity contribution in [3.8, 4) is 17.6 Å². The number of carboxylic acid groups (broad SMARTS) is 1. The third-order valence-corrected chi connectivity index (χ3v) is 1.46. The molecule has 0 amide bonds. The number of aliphatic carboxylic acids is 1. The first-order valence-electron chi connectivity index (χ1n) is 3.97. The lowest BCUT2D eigenvalue weighted by molar-refractivity contribution is -0.135. The second-order valence-electron chi connectivity index (χ2n) is 2.69. The van der Waals surface area contributed by atoms with Crippen molar-refractivity contribution in [3.63, 3.8) is 0 Å². The van der Waals surface area contributed by atoms with E-state index < -0.39 is 5.97 Å². The largest absolute Gasteiger partial charge is 0.505 e. The summed E-state index contributed by atoms with van der Waals surface area (Å²) in [4.78, 5) is 14.1. The number of nitrogens with zero attached hydrogens (tertiary/aromatic N) is 1. The number of hydrogen-bond donors (Lipinski definition) is 2. The summed E-state index contributed by atoms with van der Waals surface area (Å²) in [6, 6.07) is 3.13. The van der Waals surface area contributed by atoms with Gasteiger partial charge in [0.2, 0.25) is 0 Å². The minimum absolute atomic E-state index is 0.0338. The second kappa shape index (κ2) is 4.28. The molecule has 4 heteroatoms. The highest BCUT2D eigenvalue weighted by atomic mass is 16.4.